The van der Waals surface area contributed by atoms with Crippen molar-refractivity contribution in [3.8, 4) is 5.75 Å². The van der Waals surface area contributed by atoms with Crippen molar-refractivity contribution < 1.29 is 14.7 Å². The number of carbonyl (C=O) groups excluding carboxylic acids is 2. The Hall–Kier alpha value is -2.24. The number of anilines is 1. The molecule has 4 N–H and O–H groups in total. The van der Waals surface area contributed by atoms with Gasteiger partial charge in [-0.05, 0) is 24.6 Å². The first-order chi connectivity index (χ1) is 8.58. The van der Waals surface area contributed by atoms with E-state index in [1.807, 2.05) is 0 Å². The minimum Gasteiger partial charge on any atom is -0.506 e. The normalized spacial score (nSPS) is 16.0. The smallest absolute Gasteiger partial charge is 0.254 e. The molecule has 0 spiro atoms. The summed E-state index contributed by atoms with van der Waals surface area (Å²) in [6, 6.07) is 4.33. The molecule has 18 heavy (non-hydrogen) atoms. The predicted molar refractivity (Wildman–Crippen MR) is 66.0 cm³/mol. The maximum atomic E-state index is 12.2. The van der Waals surface area contributed by atoms with E-state index < -0.39 is 0 Å². The highest BCUT2D eigenvalue weighted by atomic mass is 16.3. The van der Waals surface area contributed by atoms with Crippen LogP contribution in [0.1, 0.15) is 16.8 Å². The molecule has 1 aromatic carbocycles. The molecule has 0 aromatic heterocycles. The molecule has 2 rings (SSSR count). The fourth-order valence-electron chi connectivity index (χ4n) is 1.84. The van der Waals surface area contributed by atoms with Crippen LogP contribution in [0.4, 0.5) is 5.69 Å². The molecule has 6 nitrogen and oxygen atoms in total. The van der Waals surface area contributed by atoms with Gasteiger partial charge in [-0.1, -0.05) is 0 Å². The second kappa shape index (κ2) is 4.95. The van der Waals surface area contributed by atoms with Crippen LogP contribution in [0.15, 0.2) is 18.2 Å². The molecule has 1 fully saturated rings. The van der Waals surface area contributed by atoms with Gasteiger partial charge in [0.2, 0.25) is 5.91 Å². The molecule has 1 saturated heterocycles. The fourth-order valence-corrected chi connectivity index (χ4v) is 1.84. The van der Waals surface area contributed by atoms with Gasteiger partial charge >= 0.3 is 0 Å². The predicted octanol–water partition coefficient (Wildman–Crippen LogP) is -0.0635. The molecule has 1 aromatic rings. The zero-order valence-corrected chi connectivity index (χ0v) is 9.85. The third-order valence-corrected chi connectivity index (χ3v) is 2.83. The average Bonchev–Trinajstić information content (AvgIpc) is 2.56. The van der Waals surface area contributed by atoms with E-state index in [1.54, 1.807) is 6.07 Å². The number of hydrogen-bond donors (Lipinski definition) is 3. The molecule has 0 saturated carbocycles. The molecular weight excluding hydrogens is 234 g/mol. The van der Waals surface area contributed by atoms with E-state index in [-0.39, 0.29) is 29.8 Å². The summed E-state index contributed by atoms with van der Waals surface area (Å²) in [5.74, 6) is -0.567. The van der Waals surface area contributed by atoms with Gasteiger partial charge in [-0.2, -0.15) is 0 Å². The number of aromatic hydroxyl groups is 1. The standard InChI is InChI=1S/C12H15N3O3/c13-9-3-2-8(6-10(9)16)12(18)15-5-1-4-14-11(17)7-15/h2-3,6,16H,1,4-5,7,13H2,(H,14,17). The van der Waals surface area contributed by atoms with Crippen LogP contribution in [0.5, 0.6) is 5.75 Å². The number of nitrogens with one attached hydrogen (secondary N) is 1. The summed E-state index contributed by atoms with van der Waals surface area (Å²) >= 11 is 0. The van der Waals surface area contributed by atoms with Crippen molar-refractivity contribution in [2.45, 2.75) is 6.42 Å². The molecule has 1 aliphatic heterocycles. The SMILES string of the molecule is Nc1ccc(C(=O)N2CCCNC(=O)C2)cc1O. The number of carbonyl (C=O) groups is 2. The van der Waals surface area contributed by atoms with E-state index in [0.717, 1.165) is 6.42 Å². The summed E-state index contributed by atoms with van der Waals surface area (Å²) in [5, 5.41) is 12.2. The topological polar surface area (TPSA) is 95.7 Å². The number of phenols is 1. The molecular formula is C12H15N3O3. The van der Waals surface area contributed by atoms with Gasteiger partial charge in [0.1, 0.15) is 5.75 Å². The van der Waals surface area contributed by atoms with Gasteiger partial charge in [0, 0.05) is 18.7 Å². The van der Waals surface area contributed by atoms with Crippen molar-refractivity contribution in [2.24, 2.45) is 0 Å². The minimum absolute atomic E-state index is 0.0456. The summed E-state index contributed by atoms with van der Waals surface area (Å²) in [7, 11) is 0. The van der Waals surface area contributed by atoms with Crippen LogP contribution in [-0.4, -0.2) is 41.5 Å². The van der Waals surface area contributed by atoms with Crippen LogP contribution in [0, 0.1) is 0 Å². The van der Waals surface area contributed by atoms with E-state index in [0.29, 0.717) is 18.7 Å². The Kier molecular flexibility index (Phi) is 3.36. The van der Waals surface area contributed by atoms with E-state index in [1.165, 1.54) is 17.0 Å². The number of nitrogens with zero attached hydrogens (tertiary/aromatic N) is 1. The Morgan fingerprint density at radius 1 is 1.44 bits per heavy atom. The third-order valence-electron chi connectivity index (χ3n) is 2.83. The van der Waals surface area contributed by atoms with Crippen LogP contribution >= 0.6 is 0 Å². The van der Waals surface area contributed by atoms with Crippen molar-refractivity contribution in [3.63, 3.8) is 0 Å². The summed E-state index contributed by atoms with van der Waals surface area (Å²) in [6.45, 7) is 1.14. The van der Waals surface area contributed by atoms with Crippen LogP contribution in [0.2, 0.25) is 0 Å². The lowest BCUT2D eigenvalue weighted by atomic mass is 10.1. The highest BCUT2D eigenvalue weighted by Gasteiger charge is 2.21. The second-order valence-corrected chi connectivity index (χ2v) is 4.20. The Morgan fingerprint density at radius 2 is 2.22 bits per heavy atom. The quantitative estimate of drug-likeness (QED) is 0.480. The Balaban J connectivity index is 2.19. The Morgan fingerprint density at radius 3 is 2.94 bits per heavy atom. The first-order valence-corrected chi connectivity index (χ1v) is 5.72. The number of benzene rings is 1. The van der Waals surface area contributed by atoms with E-state index in [4.69, 9.17) is 5.73 Å². The maximum Gasteiger partial charge on any atom is 0.254 e. The molecule has 6 heteroatoms. The monoisotopic (exact) mass is 249 g/mol. The Bertz CT molecular complexity index is 487. The highest BCUT2D eigenvalue weighted by Crippen LogP contribution is 2.21. The maximum absolute atomic E-state index is 12.2. The van der Waals surface area contributed by atoms with Crippen LogP contribution in [-0.2, 0) is 4.79 Å². The molecule has 2 amide bonds. The lowest BCUT2D eigenvalue weighted by molar-refractivity contribution is -0.121. The number of nitrogen functional groups attached to an aromatic ring is 1. The molecule has 1 heterocycles. The molecule has 1 aliphatic rings. The number of phenolic OH excluding ortho intramolecular Hbond substituents is 1. The van der Waals surface area contributed by atoms with Crippen molar-refractivity contribution in [3.05, 3.63) is 23.8 Å². The lowest BCUT2D eigenvalue weighted by Gasteiger charge is -2.19. The van der Waals surface area contributed by atoms with E-state index >= 15 is 0 Å². The molecule has 96 valence electrons. The zero-order chi connectivity index (χ0) is 13.1. The van der Waals surface area contributed by atoms with Crippen LogP contribution in [0.3, 0.4) is 0 Å². The zero-order valence-electron chi connectivity index (χ0n) is 9.85. The van der Waals surface area contributed by atoms with Crippen LogP contribution < -0.4 is 11.1 Å². The molecule has 0 radical (unpaired) electrons. The van der Waals surface area contributed by atoms with E-state index in [2.05, 4.69) is 5.32 Å². The van der Waals surface area contributed by atoms with Crippen molar-refractivity contribution >= 4 is 17.5 Å². The van der Waals surface area contributed by atoms with E-state index in [9.17, 15) is 14.7 Å². The number of nitrogens with two attached hydrogens (primary N) is 1. The summed E-state index contributed by atoms with van der Waals surface area (Å²) in [5.41, 5.74) is 6.03. The minimum atomic E-state index is -0.276. The van der Waals surface area contributed by atoms with Crippen molar-refractivity contribution in [1.29, 1.82) is 0 Å². The number of rotatable bonds is 1. The first kappa shape index (κ1) is 12.2. The third kappa shape index (κ3) is 2.53. The van der Waals surface area contributed by atoms with Gasteiger partial charge in [0.15, 0.2) is 0 Å². The van der Waals surface area contributed by atoms with Gasteiger partial charge in [0.05, 0.1) is 12.2 Å². The summed E-state index contributed by atoms with van der Waals surface area (Å²) < 4.78 is 0. The van der Waals surface area contributed by atoms with Gasteiger partial charge < -0.3 is 21.1 Å². The largest absolute Gasteiger partial charge is 0.506 e. The summed E-state index contributed by atoms with van der Waals surface area (Å²) in [4.78, 5) is 25.0. The van der Waals surface area contributed by atoms with Gasteiger partial charge in [-0.3, -0.25) is 9.59 Å². The van der Waals surface area contributed by atoms with Crippen molar-refractivity contribution in [2.75, 3.05) is 25.4 Å². The fraction of sp³-hybridized carbons (Fsp3) is 0.333. The lowest BCUT2D eigenvalue weighted by Crippen LogP contribution is -2.37. The molecule has 0 unspecified atom stereocenters. The molecule has 0 atom stereocenters. The van der Waals surface area contributed by atoms with Gasteiger partial charge in [0.25, 0.3) is 5.91 Å². The van der Waals surface area contributed by atoms with Crippen molar-refractivity contribution in [1.82, 2.24) is 10.2 Å². The summed E-state index contributed by atoms with van der Waals surface area (Å²) in [6.07, 6.45) is 0.721. The average molecular weight is 249 g/mol. The second-order valence-electron chi connectivity index (χ2n) is 4.20. The first-order valence-electron chi connectivity index (χ1n) is 5.72. The van der Waals surface area contributed by atoms with Gasteiger partial charge in [-0.25, -0.2) is 0 Å². The highest BCUT2D eigenvalue weighted by molar-refractivity contribution is 5.97. The van der Waals surface area contributed by atoms with Crippen LogP contribution in [0.25, 0.3) is 0 Å². The van der Waals surface area contributed by atoms with Gasteiger partial charge in [-0.15, -0.1) is 0 Å². The Labute approximate surface area is 104 Å². The molecule has 0 bridgehead atoms. The number of amides is 2. The molecule has 0 aliphatic carbocycles. The number of hydrogen-bond acceptors (Lipinski definition) is 4.